The molecule has 1 aliphatic heterocycles. The van der Waals surface area contributed by atoms with Crippen LogP contribution >= 0.6 is 0 Å². The molecule has 0 radical (unpaired) electrons. The fourth-order valence-electron chi connectivity index (χ4n) is 1.60. The number of nitro benzene ring substituents is 1. The summed E-state index contributed by atoms with van der Waals surface area (Å²) in [4.78, 5) is 26.2. The molecule has 0 aromatic heterocycles. The third-order valence-electron chi connectivity index (χ3n) is 2.62. The van der Waals surface area contributed by atoms with Crippen molar-refractivity contribution < 1.29 is 14.6 Å². The number of aryl methyl sites for hydroxylation is 1. The lowest BCUT2D eigenvalue weighted by Gasteiger charge is -1.99. The minimum atomic E-state index is -0.546. The SMILES string of the molecule is CC1=NOC(=O)/C1=C\c1ccc(C)c([N+](=O)[O-])c1. The van der Waals surface area contributed by atoms with Crippen LogP contribution in [0.4, 0.5) is 5.69 Å². The summed E-state index contributed by atoms with van der Waals surface area (Å²) in [6.45, 7) is 3.30. The van der Waals surface area contributed by atoms with E-state index in [1.165, 1.54) is 12.1 Å². The molecule has 0 aliphatic carbocycles. The van der Waals surface area contributed by atoms with Crippen molar-refractivity contribution in [3.63, 3.8) is 0 Å². The molecule has 0 saturated carbocycles. The van der Waals surface area contributed by atoms with Crippen LogP contribution in [-0.4, -0.2) is 16.6 Å². The molecule has 1 aromatic carbocycles. The highest BCUT2D eigenvalue weighted by Crippen LogP contribution is 2.22. The summed E-state index contributed by atoms with van der Waals surface area (Å²) in [6, 6.07) is 4.76. The van der Waals surface area contributed by atoms with Crippen LogP contribution < -0.4 is 0 Å². The maximum atomic E-state index is 11.3. The standard InChI is InChI=1S/C12H10N2O4/c1-7-3-4-9(6-11(7)14(16)17)5-10-8(2)13-18-12(10)15/h3-6H,1-2H3/b10-5-. The summed E-state index contributed by atoms with van der Waals surface area (Å²) < 4.78 is 0. The van der Waals surface area contributed by atoms with Crippen molar-refractivity contribution in [2.24, 2.45) is 5.16 Å². The molecule has 0 spiro atoms. The average molecular weight is 246 g/mol. The van der Waals surface area contributed by atoms with Crippen molar-refractivity contribution in [1.82, 2.24) is 0 Å². The second kappa shape index (κ2) is 4.40. The molecule has 6 nitrogen and oxygen atoms in total. The van der Waals surface area contributed by atoms with Crippen LogP contribution in [0, 0.1) is 17.0 Å². The number of hydrogen-bond donors (Lipinski definition) is 0. The number of carbonyl (C=O) groups excluding carboxylic acids is 1. The molecule has 0 saturated heterocycles. The van der Waals surface area contributed by atoms with Crippen molar-refractivity contribution in [1.29, 1.82) is 0 Å². The van der Waals surface area contributed by atoms with Crippen LogP contribution in [0.3, 0.4) is 0 Å². The first-order valence-corrected chi connectivity index (χ1v) is 5.22. The summed E-state index contributed by atoms with van der Waals surface area (Å²) >= 11 is 0. The third-order valence-corrected chi connectivity index (χ3v) is 2.62. The zero-order valence-corrected chi connectivity index (χ0v) is 9.84. The van der Waals surface area contributed by atoms with Gasteiger partial charge in [0.2, 0.25) is 0 Å². The molecule has 0 bridgehead atoms. The summed E-state index contributed by atoms with van der Waals surface area (Å²) in [6.07, 6.45) is 1.53. The predicted molar refractivity (Wildman–Crippen MR) is 65.0 cm³/mol. The van der Waals surface area contributed by atoms with Gasteiger partial charge in [0.05, 0.1) is 16.2 Å². The van der Waals surface area contributed by atoms with Gasteiger partial charge in [-0.2, -0.15) is 0 Å². The fourth-order valence-corrected chi connectivity index (χ4v) is 1.60. The number of carbonyl (C=O) groups is 1. The van der Waals surface area contributed by atoms with Crippen molar-refractivity contribution in [3.05, 3.63) is 45.0 Å². The Morgan fingerprint density at radius 1 is 1.39 bits per heavy atom. The first-order valence-electron chi connectivity index (χ1n) is 5.22. The molecule has 0 unspecified atom stereocenters. The molecule has 6 heteroatoms. The smallest absolute Gasteiger partial charge is 0.312 e. The molecule has 0 amide bonds. The first-order chi connectivity index (χ1) is 8.49. The number of hydrogen-bond acceptors (Lipinski definition) is 5. The van der Waals surface area contributed by atoms with Gasteiger partial charge in [0.1, 0.15) is 0 Å². The molecular formula is C12H10N2O4. The van der Waals surface area contributed by atoms with E-state index in [9.17, 15) is 14.9 Å². The lowest BCUT2D eigenvalue weighted by molar-refractivity contribution is -0.385. The van der Waals surface area contributed by atoms with E-state index in [4.69, 9.17) is 0 Å². The zero-order valence-electron chi connectivity index (χ0n) is 9.84. The van der Waals surface area contributed by atoms with Crippen LogP contribution in [-0.2, 0) is 9.63 Å². The van der Waals surface area contributed by atoms with Gasteiger partial charge in [-0.3, -0.25) is 10.1 Å². The van der Waals surface area contributed by atoms with Crippen LogP contribution in [0.5, 0.6) is 0 Å². The lowest BCUT2D eigenvalue weighted by atomic mass is 10.1. The van der Waals surface area contributed by atoms with E-state index >= 15 is 0 Å². The average Bonchev–Trinajstić information content (AvgIpc) is 2.63. The summed E-state index contributed by atoms with van der Waals surface area (Å²) in [5.41, 5.74) is 1.93. The van der Waals surface area contributed by atoms with Crippen molar-refractivity contribution in [3.8, 4) is 0 Å². The van der Waals surface area contributed by atoms with Gasteiger partial charge in [-0.25, -0.2) is 4.79 Å². The molecule has 92 valence electrons. The summed E-state index contributed by atoms with van der Waals surface area (Å²) in [7, 11) is 0. The van der Waals surface area contributed by atoms with Gasteiger partial charge in [0.15, 0.2) is 0 Å². The maximum Gasteiger partial charge on any atom is 0.367 e. The molecule has 0 atom stereocenters. The number of oxime groups is 1. The van der Waals surface area contributed by atoms with E-state index in [1.807, 2.05) is 0 Å². The van der Waals surface area contributed by atoms with E-state index in [0.717, 1.165) is 0 Å². The second-order valence-electron chi connectivity index (χ2n) is 3.92. The first kappa shape index (κ1) is 12.0. The zero-order chi connectivity index (χ0) is 13.3. The minimum Gasteiger partial charge on any atom is -0.312 e. The van der Waals surface area contributed by atoms with E-state index in [2.05, 4.69) is 9.99 Å². The Hall–Kier alpha value is -2.50. The molecule has 1 heterocycles. The Morgan fingerprint density at radius 2 is 2.11 bits per heavy atom. The van der Waals surface area contributed by atoms with Gasteiger partial charge in [-0.1, -0.05) is 17.3 Å². The molecule has 0 fully saturated rings. The van der Waals surface area contributed by atoms with Crippen molar-refractivity contribution >= 4 is 23.4 Å². The van der Waals surface area contributed by atoms with E-state index in [0.29, 0.717) is 22.4 Å². The Bertz CT molecular complexity index is 602. The van der Waals surface area contributed by atoms with Gasteiger partial charge in [0, 0.05) is 11.6 Å². The predicted octanol–water partition coefficient (Wildman–Crippen LogP) is 2.22. The summed E-state index contributed by atoms with van der Waals surface area (Å²) in [5, 5.41) is 14.3. The molecule has 0 N–H and O–H groups in total. The van der Waals surface area contributed by atoms with Gasteiger partial charge < -0.3 is 4.84 Å². The highest BCUT2D eigenvalue weighted by atomic mass is 16.7. The molecule has 1 aromatic rings. The van der Waals surface area contributed by atoms with Crippen LogP contribution in [0.25, 0.3) is 6.08 Å². The Morgan fingerprint density at radius 3 is 2.67 bits per heavy atom. The number of nitro groups is 1. The quantitative estimate of drug-likeness (QED) is 0.346. The Balaban J connectivity index is 2.44. The highest BCUT2D eigenvalue weighted by Gasteiger charge is 2.22. The third kappa shape index (κ3) is 2.13. The van der Waals surface area contributed by atoms with Crippen LogP contribution in [0.1, 0.15) is 18.1 Å². The molecule has 1 aliphatic rings. The summed E-state index contributed by atoms with van der Waals surface area (Å²) in [5.74, 6) is -0.546. The number of nitrogens with zero attached hydrogens (tertiary/aromatic N) is 2. The van der Waals surface area contributed by atoms with Crippen LogP contribution in [0.15, 0.2) is 28.9 Å². The van der Waals surface area contributed by atoms with Gasteiger partial charge >= 0.3 is 5.97 Å². The molecular weight excluding hydrogens is 236 g/mol. The lowest BCUT2D eigenvalue weighted by Crippen LogP contribution is -2.02. The van der Waals surface area contributed by atoms with E-state index in [-0.39, 0.29) is 5.69 Å². The van der Waals surface area contributed by atoms with E-state index in [1.54, 1.807) is 26.0 Å². The topological polar surface area (TPSA) is 81.8 Å². The highest BCUT2D eigenvalue weighted by molar-refractivity contribution is 6.24. The van der Waals surface area contributed by atoms with Gasteiger partial charge in [-0.15, -0.1) is 0 Å². The number of rotatable bonds is 2. The molecule has 2 rings (SSSR count). The maximum absolute atomic E-state index is 11.3. The normalized spacial score (nSPS) is 16.7. The Labute approximate surface area is 103 Å². The van der Waals surface area contributed by atoms with Crippen LogP contribution in [0.2, 0.25) is 0 Å². The largest absolute Gasteiger partial charge is 0.367 e. The second-order valence-corrected chi connectivity index (χ2v) is 3.92. The fraction of sp³-hybridized carbons (Fsp3) is 0.167. The minimum absolute atomic E-state index is 0.0188. The van der Waals surface area contributed by atoms with Gasteiger partial charge in [0.25, 0.3) is 5.69 Å². The molecule has 18 heavy (non-hydrogen) atoms. The van der Waals surface area contributed by atoms with Crippen molar-refractivity contribution in [2.75, 3.05) is 0 Å². The Kier molecular flexibility index (Phi) is 2.93. The number of benzene rings is 1. The van der Waals surface area contributed by atoms with Crippen molar-refractivity contribution in [2.45, 2.75) is 13.8 Å². The van der Waals surface area contributed by atoms with E-state index < -0.39 is 10.9 Å². The van der Waals surface area contributed by atoms with Gasteiger partial charge in [-0.05, 0) is 25.5 Å². The monoisotopic (exact) mass is 246 g/mol.